The van der Waals surface area contributed by atoms with Crippen LogP contribution in [0.5, 0.6) is 0 Å². The lowest BCUT2D eigenvalue weighted by molar-refractivity contribution is 0.475. The fourth-order valence-corrected chi connectivity index (χ4v) is 2.17. The third-order valence-electron chi connectivity index (χ3n) is 3.48. The zero-order chi connectivity index (χ0) is 11.4. The molecule has 0 aromatic carbocycles. The molecule has 0 aromatic heterocycles. The van der Waals surface area contributed by atoms with Gasteiger partial charge < -0.3 is 5.32 Å². The maximum Gasteiger partial charge on any atom is 0.205 e. The Kier molecular flexibility index (Phi) is 4.04. The van der Waals surface area contributed by atoms with E-state index in [2.05, 4.69) is 22.7 Å². The quantitative estimate of drug-likeness (QED) is 0.210. The number of nitrogens with two attached hydrogens (primary N) is 1. The summed E-state index contributed by atoms with van der Waals surface area (Å²) in [5, 5.41) is 3.50. The number of nitrogens with one attached hydrogen (secondary N) is 2. The number of nitrogens with zero attached hydrogens (tertiary/aromatic N) is 1. The van der Waals surface area contributed by atoms with Crippen LogP contribution in [0, 0.1) is 11.8 Å². The topological polar surface area (TPSA) is 62.4 Å². The summed E-state index contributed by atoms with van der Waals surface area (Å²) in [6.07, 6.45) is 7.81. The number of guanidine groups is 1. The molecular formula is C12H24N4. The third kappa shape index (κ3) is 3.37. The van der Waals surface area contributed by atoms with Crippen LogP contribution >= 0.6 is 0 Å². The van der Waals surface area contributed by atoms with E-state index in [-0.39, 0.29) is 0 Å². The number of hydrazine groups is 1. The van der Waals surface area contributed by atoms with E-state index in [1.807, 2.05) is 0 Å². The van der Waals surface area contributed by atoms with Gasteiger partial charge in [0.15, 0.2) is 0 Å². The standard InChI is InChI=1S/C12H24N4/c1-2-3-8-14-12(16-13)15-11(9-4-5-9)10-6-7-10/h9-11H,2-8,13H2,1H3,(H2,14,15,16). The summed E-state index contributed by atoms with van der Waals surface area (Å²) < 4.78 is 0. The zero-order valence-corrected chi connectivity index (χ0v) is 10.2. The van der Waals surface area contributed by atoms with Gasteiger partial charge in [-0.1, -0.05) is 13.3 Å². The van der Waals surface area contributed by atoms with Crippen molar-refractivity contribution in [2.75, 3.05) is 6.54 Å². The van der Waals surface area contributed by atoms with Gasteiger partial charge in [-0.25, -0.2) is 5.84 Å². The van der Waals surface area contributed by atoms with Gasteiger partial charge >= 0.3 is 0 Å². The molecule has 0 spiro atoms. The molecule has 0 radical (unpaired) electrons. The van der Waals surface area contributed by atoms with Crippen molar-refractivity contribution in [1.82, 2.24) is 10.7 Å². The second-order valence-electron chi connectivity index (χ2n) is 5.07. The van der Waals surface area contributed by atoms with Crippen LogP contribution in [-0.2, 0) is 0 Å². The Morgan fingerprint density at radius 2 is 1.94 bits per heavy atom. The highest BCUT2D eigenvalue weighted by atomic mass is 15.3. The normalized spacial score (nSPS) is 21.3. The molecule has 0 saturated heterocycles. The Labute approximate surface area is 98.0 Å². The van der Waals surface area contributed by atoms with Crippen LogP contribution in [0.3, 0.4) is 0 Å². The minimum absolute atomic E-state index is 0.622. The Morgan fingerprint density at radius 3 is 2.38 bits per heavy atom. The number of aliphatic imine (C=N–C) groups is 1. The molecule has 4 nitrogen and oxygen atoms in total. The van der Waals surface area contributed by atoms with E-state index in [0.717, 1.165) is 30.8 Å². The molecule has 0 unspecified atom stereocenters. The fraction of sp³-hybridized carbons (Fsp3) is 0.917. The number of rotatable bonds is 6. The van der Waals surface area contributed by atoms with Crippen LogP contribution < -0.4 is 16.6 Å². The summed E-state index contributed by atoms with van der Waals surface area (Å²) in [6, 6.07) is 0.622. The minimum Gasteiger partial charge on any atom is -0.352 e. The molecule has 4 heteroatoms. The summed E-state index contributed by atoms with van der Waals surface area (Å²) in [5.41, 5.74) is 2.70. The predicted octanol–water partition coefficient (Wildman–Crippen LogP) is 1.38. The lowest BCUT2D eigenvalue weighted by atomic mass is 10.1. The highest BCUT2D eigenvalue weighted by Gasteiger charge is 2.41. The van der Waals surface area contributed by atoms with E-state index in [4.69, 9.17) is 5.84 Å². The second-order valence-corrected chi connectivity index (χ2v) is 5.07. The first kappa shape index (κ1) is 11.7. The van der Waals surface area contributed by atoms with Crippen molar-refractivity contribution in [1.29, 1.82) is 0 Å². The van der Waals surface area contributed by atoms with E-state index in [1.165, 1.54) is 32.1 Å². The zero-order valence-electron chi connectivity index (χ0n) is 10.2. The van der Waals surface area contributed by atoms with Crippen molar-refractivity contribution in [3.05, 3.63) is 0 Å². The lowest BCUT2D eigenvalue weighted by Crippen LogP contribution is -2.48. The fourth-order valence-electron chi connectivity index (χ4n) is 2.17. The molecule has 2 aliphatic carbocycles. The van der Waals surface area contributed by atoms with Crippen LogP contribution in [0.1, 0.15) is 45.4 Å². The van der Waals surface area contributed by atoms with Crippen LogP contribution in [0.2, 0.25) is 0 Å². The summed E-state index contributed by atoms with van der Waals surface area (Å²) >= 11 is 0. The van der Waals surface area contributed by atoms with Gasteiger partial charge in [0.1, 0.15) is 0 Å². The monoisotopic (exact) mass is 224 g/mol. The summed E-state index contributed by atoms with van der Waals surface area (Å²) in [6.45, 7) is 3.04. The molecule has 4 N–H and O–H groups in total. The molecule has 2 aliphatic rings. The largest absolute Gasteiger partial charge is 0.352 e. The Bertz CT molecular complexity index is 231. The summed E-state index contributed by atoms with van der Waals surface area (Å²) in [5.74, 6) is 8.04. The summed E-state index contributed by atoms with van der Waals surface area (Å²) in [7, 11) is 0. The second kappa shape index (κ2) is 5.53. The van der Waals surface area contributed by atoms with E-state index in [1.54, 1.807) is 0 Å². The smallest absolute Gasteiger partial charge is 0.205 e. The molecule has 0 aromatic rings. The molecule has 2 fully saturated rings. The van der Waals surface area contributed by atoms with Crippen molar-refractivity contribution in [2.45, 2.75) is 51.5 Å². The number of hydrogen-bond acceptors (Lipinski definition) is 2. The van der Waals surface area contributed by atoms with Crippen LogP contribution in [0.25, 0.3) is 0 Å². The van der Waals surface area contributed by atoms with Gasteiger partial charge in [-0.15, -0.1) is 0 Å². The maximum absolute atomic E-state index is 5.50. The highest BCUT2D eigenvalue weighted by molar-refractivity contribution is 5.79. The van der Waals surface area contributed by atoms with E-state index < -0.39 is 0 Å². The first-order valence-electron chi connectivity index (χ1n) is 6.62. The first-order valence-corrected chi connectivity index (χ1v) is 6.62. The van der Waals surface area contributed by atoms with Gasteiger partial charge in [0.2, 0.25) is 5.96 Å². The minimum atomic E-state index is 0.622. The average molecular weight is 224 g/mol. The Hall–Kier alpha value is -0.770. The SMILES string of the molecule is CCCCN=C(NN)NC(C1CC1)C1CC1. The highest BCUT2D eigenvalue weighted by Crippen LogP contribution is 2.44. The number of unbranched alkanes of at least 4 members (excludes halogenated alkanes) is 1. The van der Waals surface area contributed by atoms with Crippen LogP contribution in [0.15, 0.2) is 4.99 Å². The predicted molar refractivity (Wildman–Crippen MR) is 66.9 cm³/mol. The molecule has 0 aliphatic heterocycles. The molecule has 2 saturated carbocycles. The van der Waals surface area contributed by atoms with Gasteiger partial charge in [0, 0.05) is 12.6 Å². The Morgan fingerprint density at radius 1 is 1.31 bits per heavy atom. The van der Waals surface area contributed by atoms with Gasteiger partial charge in [-0.05, 0) is 43.9 Å². The molecule has 0 atom stereocenters. The summed E-state index contributed by atoms with van der Waals surface area (Å²) in [4.78, 5) is 4.46. The molecule has 16 heavy (non-hydrogen) atoms. The first-order chi connectivity index (χ1) is 7.85. The molecule has 0 heterocycles. The van der Waals surface area contributed by atoms with E-state index in [0.29, 0.717) is 6.04 Å². The Balaban J connectivity index is 1.81. The average Bonchev–Trinajstić information content (AvgIpc) is 3.17. The van der Waals surface area contributed by atoms with Gasteiger partial charge in [0.05, 0.1) is 0 Å². The van der Waals surface area contributed by atoms with Crippen molar-refractivity contribution >= 4 is 5.96 Å². The van der Waals surface area contributed by atoms with Crippen molar-refractivity contribution in [3.8, 4) is 0 Å². The van der Waals surface area contributed by atoms with Gasteiger partial charge in [-0.2, -0.15) is 0 Å². The molecule has 92 valence electrons. The van der Waals surface area contributed by atoms with E-state index >= 15 is 0 Å². The lowest BCUT2D eigenvalue weighted by Gasteiger charge is -2.19. The van der Waals surface area contributed by atoms with Crippen LogP contribution in [-0.4, -0.2) is 18.5 Å². The maximum atomic E-state index is 5.50. The molecule has 2 rings (SSSR count). The molecule has 0 bridgehead atoms. The third-order valence-corrected chi connectivity index (χ3v) is 3.48. The number of hydrogen-bond donors (Lipinski definition) is 3. The molecular weight excluding hydrogens is 200 g/mol. The van der Waals surface area contributed by atoms with Crippen molar-refractivity contribution in [3.63, 3.8) is 0 Å². The molecule has 0 amide bonds. The van der Waals surface area contributed by atoms with Gasteiger partial charge in [0.25, 0.3) is 0 Å². The van der Waals surface area contributed by atoms with Crippen molar-refractivity contribution < 1.29 is 0 Å². The van der Waals surface area contributed by atoms with Gasteiger partial charge in [-0.3, -0.25) is 10.4 Å². The van der Waals surface area contributed by atoms with E-state index in [9.17, 15) is 0 Å². The van der Waals surface area contributed by atoms with Crippen molar-refractivity contribution in [2.24, 2.45) is 22.7 Å². The van der Waals surface area contributed by atoms with Crippen LogP contribution in [0.4, 0.5) is 0 Å².